The molecule has 0 fully saturated rings. The molecule has 5 nitrogen and oxygen atoms in total. The minimum atomic E-state index is -0.816. The maximum absolute atomic E-state index is 12.9. The zero-order chi connectivity index (χ0) is 20.1. The molecule has 0 spiro atoms. The van der Waals surface area contributed by atoms with Gasteiger partial charge in [-0.25, -0.2) is 0 Å². The van der Waals surface area contributed by atoms with Gasteiger partial charge in [0.2, 0.25) is 0 Å². The Morgan fingerprint density at radius 3 is 2.61 bits per heavy atom. The van der Waals surface area contributed by atoms with E-state index >= 15 is 0 Å². The minimum Gasteiger partial charge on any atom is -0.481 e. The zero-order valence-corrected chi connectivity index (χ0v) is 16.4. The van der Waals surface area contributed by atoms with Gasteiger partial charge >= 0.3 is 5.97 Å². The second-order valence-corrected chi connectivity index (χ2v) is 7.41. The lowest BCUT2D eigenvalue weighted by molar-refractivity contribution is -0.137. The first-order chi connectivity index (χ1) is 13.4. The normalized spacial score (nSPS) is 12.1. The van der Waals surface area contributed by atoms with E-state index in [1.165, 1.54) is 0 Å². The number of amides is 1. The Labute approximate surface area is 168 Å². The highest BCUT2D eigenvalue weighted by Crippen LogP contribution is 2.22. The van der Waals surface area contributed by atoms with Crippen molar-refractivity contribution in [2.75, 3.05) is 0 Å². The largest absolute Gasteiger partial charge is 0.481 e. The van der Waals surface area contributed by atoms with Gasteiger partial charge in [-0.3, -0.25) is 9.59 Å². The monoisotopic (exact) mass is 398 g/mol. The van der Waals surface area contributed by atoms with Gasteiger partial charge in [0, 0.05) is 35.6 Å². The van der Waals surface area contributed by atoms with Crippen LogP contribution in [0.3, 0.4) is 0 Å². The van der Waals surface area contributed by atoms with Crippen LogP contribution >= 0.6 is 11.6 Å². The molecule has 1 heterocycles. The molecule has 3 rings (SSSR count). The van der Waals surface area contributed by atoms with Gasteiger partial charge in [-0.2, -0.15) is 0 Å². The molecule has 1 amide bonds. The summed E-state index contributed by atoms with van der Waals surface area (Å²) in [7, 11) is 0. The number of carboxylic acid groups (broad SMARTS) is 1. The third-order valence-corrected chi connectivity index (χ3v) is 4.96. The number of fused-ring (bicyclic) bond motifs is 1. The van der Waals surface area contributed by atoms with E-state index in [1.807, 2.05) is 61.7 Å². The number of halogens is 1. The van der Waals surface area contributed by atoms with E-state index < -0.39 is 5.97 Å². The predicted molar refractivity (Wildman–Crippen MR) is 111 cm³/mol. The highest BCUT2D eigenvalue weighted by atomic mass is 35.5. The number of aliphatic carboxylic acids is 1. The van der Waals surface area contributed by atoms with Crippen LogP contribution in [0.25, 0.3) is 10.9 Å². The average Bonchev–Trinajstić information content (AvgIpc) is 3.06. The highest BCUT2D eigenvalue weighted by Gasteiger charge is 2.16. The number of benzene rings is 2. The number of carbonyl (C=O) groups excluding carboxylic acids is 1. The Hall–Kier alpha value is -2.79. The summed E-state index contributed by atoms with van der Waals surface area (Å²) in [4.78, 5) is 23.5. The van der Waals surface area contributed by atoms with Crippen LogP contribution in [-0.4, -0.2) is 27.6 Å². The standard InChI is InChI=1S/C22H23ClN2O3/c1-15(4-2-7-20(26)27)24-22(28)19-6-3-5-17-12-13-25(21(17)19)14-16-8-10-18(23)11-9-16/h3,5-6,8-13,15H,2,4,7,14H2,1H3,(H,24,28)(H,26,27). The van der Waals surface area contributed by atoms with Crippen LogP contribution in [0.4, 0.5) is 0 Å². The summed E-state index contributed by atoms with van der Waals surface area (Å²) in [5, 5.41) is 13.4. The third kappa shape index (κ3) is 4.93. The summed E-state index contributed by atoms with van der Waals surface area (Å²) in [5.41, 5.74) is 2.59. The van der Waals surface area contributed by atoms with Crippen LogP contribution in [0.5, 0.6) is 0 Å². The van der Waals surface area contributed by atoms with Crippen molar-refractivity contribution in [2.24, 2.45) is 0 Å². The average molecular weight is 399 g/mol. The Kier molecular flexibility index (Phi) is 6.37. The van der Waals surface area contributed by atoms with E-state index in [2.05, 4.69) is 9.88 Å². The Bertz CT molecular complexity index is 979. The molecule has 3 aromatic rings. The molecule has 1 aromatic heterocycles. The summed E-state index contributed by atoms with van der Waals surface area (Å²) in [6, 6.07) is 15.2. The van der Waals surface area contributed by atoms with Crippen molar-refractivity contribution in [1.82, 2.24) is 9.88 Å². The molecule has 28 heavy (non-hydrogen) atoms. The molecule has 6 heteroatoms. The van der Waals surface area contributed by atoms with Crippen molar-refractivity contribution >= 4 is 34.4 Å². The van der Waals surface area contributed by atoms with Gasteiger partial charge < -0.3 is 15.0 Å². The number of hydrogen-bond donors (Lipinski definition) is 2. The fraction of sp³-hybridized carbons (Fsp3) is 0.273. The first-order valence-electron chi connectivity index (χ1n) is 9.29. The molecular weight excluding hydrogens is 376 g/mol. The lowest BCUT2D eigenvalue weighted by Gasteiger charge is -2.15. The summed E-state index contributed by atoms with van der Waals surface area (Å²) in [5.74, 6) is -0.965. The van der Waals surface area contributed by atoms with E-state index in [4.69, 9.17) is 16.7 Å². The van der Waals surface area contributed by atoms with Crippen LogP contribution in [-0.2, 0) is 11.3 Å². The number of nitrogens with one attached hydrogen (secondary N) is 1. The second kappa shape index (κ2) is 8.93. The number of carboxylic acids is 1. The van der Waals surface area contributed by atoms with Gasteiger partial charge in [-0.15, -0.1) is 0 Å². The third-order valence-electron chi connectivity index (χ3n) is 4.70. The number of carbonyl (C=O) groups is 2. The van der Waals surface area contributed by atoms with Crippen LogP contribution in [0.2, 0.25) is 5.02 Å². The molecule has 2 N–H and O–H groups in total. The van der Waals surface area contributed by atoms with Crippen LogP contribution in [0.1, 0.15) is 42.1 Å². The molecular formula is C22H23ClN2O3. The van der Waals surface area contributed by atoms with Gasteiger partial charge in [0.15, 0.2) is 0 Å². The number of rotatable bonds is 8. The fourth-order valence-electron chi connectivity index (χ4n) is 3.30. The van der Waals surface area contributed by atoms with E-state index in [9.17, 15) is 9.59 Å². The Morgan fingerprint density at radius 1 is 1.14 bits per heavy atom. The number of aromatic nitrogens is 1. The Balaban J connectivity index is 1.79. The number of hydrogen-bond acceptors (Lipinski definition) is 2. The summed E-state index contributed by atoms with van der Waals surface area (Å²) >= 11 is 5.96. The molecule has 0 saturated heterocycles. The molecule has 146 valence electrons. The maximum Gasteiger partial charge on any atom is 0.303 e. The lowest BCUT2D eigenvalue weighted by Crippen LogP contribution is -2.33. The van der Waals surface area contributed by atoms with Gasteiger partial charge in [0.05, 0.1) is 11.1 Å². The summed E-state index contributed by atoms with van der Waals surface area (Å²) < 4.78 is 2.06. The van der Waals surface area contributed by atoms with E-state index in [1.54, 1.807) is 0 Å². The van der Waals surface area contributed by atoms with Crippen molar-refractivity contribution in [3.63, 3.8) is 0 Å². The quantitative estimate of drug-likeness (QED) is 0.576. The molecule has 0 bridgehead atoms. The van der Waals surface area contributed by atoms with Crippen molar-refractivity contribution in [2.45, 2.75) is 38.8 Å². The van der Waals surface area contributed by atoms with Gasteiger partial charge in [-0.1, -0.05) is 35.9 Å². The molecule has 0 radical (unpaired) electrons. The first-order valence-corrected chi connectivity index (χ1v) is 9.67. The summed E-state index contributed by atoms with van der Waals surface area (Å²) in [6.07, 6.45) is 3.25. The van der Waals surface area contributed by atoms with Crippen LogP contribution < -0.4 is 5.32 Å². The van der Waals surface area contributed by atoms with E-state index in [0.717, 1.165) is 16.5 Å². The molecule has 0 aliphatic rings. The van der Waals surface area contributed by atoms with Crippen molar-refractivity contribution in [1.29, 1.82) is 0 Å². The molecule has 1 unspecified atom stereocenters. The lowest BCUT2D eigenvalue weighted by atomic mass is 10.1. The number of nitrogens with zero attached hydrogens (tertiary/aromatic N) is 1. The SMILES string of the molecule is CC(CCCC(=O)O)NC(=O)c1cccc2ccn(Cc3ccc(Cl)cc3)c12. The van der Waals surface area contributed by atoms with E-state index in [0.29, 0.717) is 30.0 Å². The van der Waals surface area contributed by atoms with Crippen molar-refractivity contribution in [3.05, 3.63) is 70.9 Å². The maximum atomic E-state index is 12.9. The molecule has 2 aromatic carbocycles. The molecule has 0 aliphatic heterocycles. The fourth-order valence-corrected chi connectivity index (χ4v) is 3.42. The first kappa shape index (κ1) is 20.0. The minimum absolute atomic E-state index is 0.0956. The van der Waals surface area contributed by atoms with E-state index in [-0.39, 0.29) is 18.4 Å². The second-order valence-electron chi connectivity index (χ2n) is 6.97. The topological polar surface area (TPSA) is 71.3 Å². The smallest absolute Gasteiger partial charge is 0.303 e. The van der Waals surface area contributed by atoms with Gasteiger partial charge in [-0.05, 0) is 49.6 Å². The van der Waals surface area contributed by atoms with Crippen molar-refractivity contribution in [3.8, 4) is 0 Å². The molecule has 0 aliphatic carbocycles. The highest BCUT2D eigenvalue weighted by molar-refractivity contribution is 6.30. The van der Waals surface area contributed by atoms with Crippen LogP contribution in [0.15, 0.2) is 54.7 Å². The molecule has 1 atom stereocenters. The zero-order valence-electron chi connectivity index (χ0n) is 15.7. The number of para-hydroxylation sites is 1. The van der Waals surface area contributed by atoms with Crippen LogP contribution in [0, 0.1) is 0 Å². The Morgan fingerprint density at radius 2 is 1.89 bits per heavy atom. The molecule has 0 saturated carbocycles. The van der Waals surface area contributed by atoms with Gasteiger partial charge in [0.25, 0.3) is 5.91 Å². The van der Waals surface area contributed by atoms with Crippen molar-refractivity contribution < 1.29 is 14.7 Å². The van der Waals surface area contributed by atoms with Gasteiger partial charge in [0.1, 0.15) is 0 Å². The summed E-state index contributed by atoms with van der Waals surface area (Å²) in [6.45, 7) is 2.53. The predicted octanol–water partition coefficient (Wildman–Crippen LogP) is 4.72.